The largest absolute Gasteiger partial charge is 0.380 e. The van der Waals surface area contributed by atoms with Crippen LogP contribution in [0.15, 0.2) is 59.5 Å². The smallest absolute Gasteiger partial charge is 0.271 e. The van der Waals surface area contributed by atoms with Gasteiger partial charge in [-0.1, -0.05) is 74.2 Å². The highest BCUT2D eigenvalue weighted by Gasteiger charge is 2.22. The molecular formula is C23H29NO3S. The summed E-state index contributed by atoms with van der Waals surface area (Å²) in [4.78, 5) is 0.195. The molecule has 0 radical (unpaired) electrons. The van der Waals surface area contributed by atoms with Crippen molar-refractivity contribution in [3.05, 3.63) is 65.7 Å². The van der Waals surface area contributed by atoms with E-state index in [1.54, 1.807) is 24.3 Å². The lowest BCUT2D eigenvalue weighted by Gasteiger charge is -2.18. The third kappa shape index (κ3) is 6.70. The Morgan fingerprint density at radius 1 is 1.00 bits per heavy atom. The lowest BCUT2D eigenvalue weighted by atomic mass is 10.1. The van der Waals surface area contributed by atoms with Crippen molar-refractivity contribution in [2.75, 3.05) is 0 Å². The molecular weight excluding hydrogens is 370 g/mol. The molecule has 2 aromatic carbocycles. The number of rotatable bonds is 9. The highest BCUT2D eigenvalue weighted by Crippen LogP contribution is 2.18. The van der Waals surface area contributed by atoms with Crippen LogP contribution in [0.25, 0.3) is 0 Å². The first-order valence-electron chi connectivity index (χ1n) is 9.76. The van der Waals surface area contributed by atoms with Crippen molar-refractivity contribution in [2.45, 2.75) is 63.5 Å². The SMILES string of the molecule is CCCCCCC(O)C#CN(Cc1ccccc1)S(=O)(=O)c1ccc(C)cc1. The molecule has 0 saturated carbocycles. The topological polar surface area (TPSA) is 57.6 Å². The van der Waals surface area contributed by atoms with E-state index in [4.69, 9.17) is 0 Å². The van der Waals surface area contributed by atoms with E-state index in [0.29, 0.717) is 6.42 Å². The third-order valence-corrected chi connectivity index (χ3v) is 6.13. The van der Waals surface area contributed by atoms with Gasteiger partial charge in [0.15, 0.2) is 0 Å². The van der Waals surface area contributed by atoms with Crippen molar-refractivity contribution < 1.29 is 13.5 Å². The Kier molecular flexibility index (Phi) is 8.56. The summed E-state index contributed by atoms with van der Waals surface area (Å²) in [7, 11) is -3.79. The van der Waals surface area contributed by atoms with Crippen LogP contribution in [0.2, 0.25) is 0 Å². The third-order valence-electron chi connectivity index (χ3n) is 4.46. The Morgan fingerprint density at radius 3 is 2.32 bits per heavy atom. The van der Waals surface area contributed by atoms with E-state index >= 15 is 0 Å². The standard InChI is InChI=1S/C23H29NO3S/c1-3-4-5-9-12-22(25)17-18-24(19-21-10-7-6-8-11-21)28(26,27)23-15-13-20(2)14-16-23/h6-8,10-11,13-16,22,25H,3-5,9,12,19H2,1-2H3. The van der Waals surface area contributed by atoms with Crippen LogP contribution < -0.4 is 0 Å². The fraction of sp³-hybridized carbons (Fsp3) is 0.391. The number of sulfonamides is 1. The molecule has 2 aromatic rings. The van der Waals surface area contributed by atoms with Crippen molar-refractivity contribution in [3.8, 4) is 12.0 Å². The molecule has 2 rings (SSSR count). The number of unbranched alkanes of at least 4 members (excludes halogenated alkanes) is 3. The number of nitrogens with zero attached hydrogens (tertiary/aromatic N) is 1. The van der Waals surface area contributed by atoms with Gasteiger partial charge in [0.2, 0.25) is 0 Å². The Bertz CT molecular complexity index is 881. The van der Waals surface area contributed by atoms with Crippen molar-refractivity contribution in [2.24, 2.45) is 0 Å². The first-order valence-corrected chi connectivity index (χ1v) is 11.2. The molecule has 150 valence electrons. The van der Waals surface area contributed by atoms with Crippen LogP contribution in [-0.4, -0.2) is 23.9 Å². The highest BCUT2D eigenvalue weighted by atomic mass is 32.2. The molecule has 0 amide bonds. The summed E-state index contributed by atoms with van der Waals surface area (Å²) in [6.07, 6.45) is 3.90. The molecule has 0 spiro atoms. The maximum Gasteiger partial charge on any atom is 0.271 e. The molecule has 4 nitrogen and oxygen atoms in total. The lowest BCUT2D eigenvalue weighted by molar-refractivity contribution is 0.217. The summed E-state index contributed by atoms with van der Waals surface area (Å²) in [5, 5.41) is 10.1. The first kappa shape index (κ1) is 22.0. The van der Waals surface area contributed by atoms with Gasteiger partial charge in [-0.3, -0.25) is 0 Å². The summed E-state index contributed by atoms with van der Waals surface area (Å²) in [5.41, 5.74) is 1.83. The van der Waals surface area contributed by atoms with Gasteiger partial charge >= 0.3 is 0 Å². The van der Waals surface area contributed by atoms with Gasteiger partial charge in [0.1, 0.15) is 6.10 Å². The predicted octanol–water partition coefficient (Wildman–Crippen LogP) is 4.48. The van der Waals surface area contributed by atoms with Gasteiger partial charge in [0.25, 0.3) is 10.0 Å². The normalized spacial score (nSPS) is 12.1. The van der Waals surface area contributed by atoms with Crippen LogP contribution in [0.4, 0.5) is 0 Å². The molecule has 1 unspecified atom stereocenters. The van der Waals surface area contributed by atoms with Gasteiger partial charge in [-0.15, -0.1) is 0 Å². The second kappa shape index (κ2) is 10.9. The quantitative estimate of drug-likeness (QED) is 0.384. The van der Waals surface area contributed by atoms with E-state index in [-0.39, 0.29) is 11.4 Å². The van der Waals surface area contributed by atoms with Crippen molar-refractivity contribution >= 4 is 10.0 Å². The van der Waals surface area contributed by atoms with E-state index in [1.165, 1.54) is 0 Å². The molecule has 0 aliphatic heterocycles. The molecule has 0 heterocycles. The fourth-order valence-corrected chi connectivity index (χ4v) is 3.98. The second-order valence-corrected chi connectivity index (χ2v) is 8.79. The molecule has 0 fully saturated rings. The van der Waals surface area contributed by atoms with E-state index in [1.807, 2.05) is 37.3 Å². The summed E-state index contributed by atoms with van der Waals surface area (Å²) in [6, 6.07) is 18.8. The van der Waals surface area contributed by atoms with Crippen LogP contribution in [-0.2, 0) is 16.6 Å². The summed E-state index contributed by atoms with van der Waals surface area (Å²) < 4.78 is 27.3. The average Bonchev–Trinajstić information content (AvgIpc) is 2.69. The monoisotopic (exact) mass is 399 g/mol. The van der Waals surface area contributed by atoms with Gasteiger partial charge in [-0.2, -0.15) is 0 Å². The number of hydrogen-bond acceptors (Lipinski definition) is 3. The Morgan fingerprint density at radius 2 is 1.68 bits per heavy atom. The van der Waals surface area contributed by atoms with Gasteiger partial charge in [-0.05, 0) is 43.4 Å². The zero-order valence-electron chi connectivity index (χ0n) is 16.6. The van der Waals surface area contributed by atoms with Crippen LogP contribution in [0, 0.1) is 18.9 Å². The zero-order valence-corrected chi connectivity index (χ0v) is 17.5. The maximum atomic E-state index is 13.1. The lowest BCUT2D eigenvalue weighted by Crippen LogP contribution is -2.26. The Hall–Kier alpha value is -2.29. The second-order valence-electron chi connectivity index (χ2n) is 6.93. The molecule has 0 bridgehead atoms. The van der Waals surface area contributed by atoms with Gasteiger partial charge in [0.05, 0.1) is 11.4 Å². The number of hydrogen-bond donors (Lipinski definition) is 1. The number of aliphatic hydroxyl groups is 1. The molecule has 28 heavy (non-hydrogen) atoms. The zero-order chi connectivity index (χ0) is 20.4. The molecule has 0 aromatic heterocycles. The van der Waals surface area contributed by atoms with Gasteiger partial charge in [-0.25, -0.2) is 12.7 Å². The summed E-state index contributed by atoms with van der Waals surface area (Å²) >= 11 is 0. The maximum absolute atomic E-state index is 13.1. The first-order chi connectivity index (χ1) is 13.4. The summed E-state index contributed by atoms with van der Waals surface area (Å²) in [6.45, 7) is 4.17. The van der Waals surface area contributed by atoms with Gasteiger partial charge < -0.3 is 5.11 Å². The number of aliphatic hydroxyl groups excluding tert-OH is 1. The molecule has 1 N–H and O–H groups in total. The minimum Gasteiger partial charge on any atom is -0.380 e. The molecule has 0 saturated heterocycles. The van der Waals surface area contributed by atoms with Crippen LogP contribution in [0.5, 0.6) is 0 Å². The minimum atomic E-state index is -3.79. The minimum absolute atomic E-state index is 0.132. The number of benzene rings is 2. The molecule has 0 aliphatic carbocycles. The van der Waals surface area contributed by atoms with Crippen molar-refractivity contribution in [1.29, 1.82) is 0 Å². The van der Waals surface area contributed by atoms with Crippen molar-refractivity contribution in [1.82, 2.24) is 4.31 Å². The van der Waals surface area contributed by atoms with Crippen LogP contribution in [0.3, 0.4) is 0 Å². The predicted molar refractivity (Wildman–Crippen MR) is 113 cm³/mol. The molecule has 0 aliphatic rings. The van der Waals surface area contributed by atoms with Crippen molar-refractivity contribution in [3.63, 3.8) is 0 Å². The fourth-order valence-electron chi connectivity index (χ4n) is 2.75. The van der Waals surface area contributed by atoms with E-state index < -0.39 is 16.1 Å². The molecule has 1 atom stereocenters. The van der Waals surface area contributed by atoms with Crippen LogP contribution >= 0.6 is 0 Å². The van der Waals surface area contributed by atoms with E-state index in [9.17, 15) is 13.5 Å². The Balaban J connectivity index is 2.22. The van der Waals surface area contributed by atoms with E-state index in [0.717, 1.165) is 41.1 Å². The van der Waals surface area contributed by atoms with E-state index in [2.05, 4.69) is 18.9 Å². The molecule has 5 heteroatoms. The van der Waals surface area contributed by atoms with Gasteiger partial charge in [0, 0.05) is 6.04 Å². The summed E-state index contributed by atoms with van der Waals surface area (Å²) in [5.74, 6) is 2.72. The Labute approximate surface area is 169 Å². The average molecular weight is 400 g/mol. The number of aryl methyl sites for hydroxylation is 1. The van der Waals surface area contributed by atoms with Crippen LogP contribution in [0.1, 0.15) is 50.2 Å². The highest BCUT2D eigenvalue weighted by molar-refractivity contribution is 7.89.